The molecule has 47 heavy (non-hydrogen) atoms. The number of amides is 1. The van der Waals surface area contributed by atoms with E-state index in [9.17, 15) is 4.79 Å². The standard InChI is InChI=1S/C23H27N5O.C8H8N2O.C4H7N.C2H6/c1-27-12-5-8-17(27)15-29-23-25-20-14-28(13-11-19(20)22(24)26-23)21-10-4-7-16-6-2-3-9-18(16)21;9-8(11)4-3-7-2-1-5-10-6-7;1-3-4-5-2;1-2/h2-4,6-7,9-10,17H,5,8,11-15H2,1H3,(H2,24,25,26);1-6H,(H2,9,11);3-4H2,1H3;1-2H3/b;4-3+;;/t17-;;;/m0.../s1. The molecule has 2 aliphatic heterocycles. The van der Waals surface area contributed by atoms with Gasteiger partial charge in [-0.3, -0.25) is 9.78 Å². The number of nitrogens with zero attached hydrogens (tertiary/aromatic N) is 6. The van der Waals surface area contributed by atoms with E-state index in [0.717, 1.165) is 55.7 Å². The number of nitrogens with two attached hydrogens (primary N) is 2. The Labute approximate surface area is 279 Å². The van der Waals surface area contributed by atoms with E-state index < -0.39 is 5.91 Å². The molecule has 1 fully saturated rings. The zero-order chi connectivity index (χ0) is 34.0. The molecule has 0 aliphatic carbocycles. The fourth-order valence-electron chi connectivity index (χ4n) is 5.32. The van der Waals surface area contributed by atoms with Gasteiger partial charge in [0.2, 0.25) is 12.5 Å². The number of rotatable bonds is 7. The van der Waals surface area contributed by atoms with Gasteiger partial charge >= 0.3 is 6.01 Å². The quantitative estimate of drug-likeness (QED) is 0.182. The van der Waals surface area contributed by atoms with Crippen LogP contribution in [-0.4, -0.2) is 65.1 Å². The summed E-state index contributed by atoms with van der Waals surface area (Å²) in [5, 5.41) is 2.52. The first-order valence-corrected chi connectivity index (χ1v) is 16.3. The van der Waals surface area contributed by atoms with E-state index in [1.54, 1.807) is 24.5 Å². The van der Waals surface area contributed by atoms with Gasteiger partial charge in [-0.05, 0) is 62.0 Å². The van der Waals surface area contributed by atoms with Crippen LogP contribution in [-0.2, 0) is 17.8 Å². The van der Waals surface area contributed by atoms with Crippen molar-refractivity contribution in [3.05, 3.63) is 101 Å². The van der Waals surface area contributed by atoms with E-state index in [4.69, 9.17) is 27.8 Å². The van der Waals surface area contributed by atoms with E-state index in [1.807, 2.05) is 26.8 Å². The maximum atomic E-state index is 10.3. The Morgan fingerprint density at radius 2 is 1.89 bits per heavy atom. The molecule has 1 atom stereocenters. The van der Waals surface area contributed by atoms with Crippen LogP contribution in [0.15, 0.2) is 73.1 Å². The zero-order valence-corrected chi connectivity index (χ0v) is 28.1. The van der Waals surface area contributed by atoms with Crippen molar-refractivity contribution in [3.8, 4) is 6.01 Å². The maximum absolute atomic E-state index is 10.3. The zero-order valence-electron chi connectivity index (χ0n) is 28.1. The number of primary amides is 1. The second-order valence-corrected chi connectivity index (χ2v) is 11.0. The van der Waals surface area contributed by atoms with Crippen LogP contribution in [0.1, 0.15) is 56.9 Å². The lowest BCUT2D eigenvalue weighted by molar-refractivity contribution is -0.113. The first kappa shape index (κ1) is 36.5. The lowest BCUT2D eigenvalue weighted by atomic mass is 10.0. The third kappa shape index (κ3) is 11.1. The summed E-state index contributed by atoms with van der Waals surface area (Å²) in [4.78, 5) is 31.1. The van der Waals surface area contributed by atoms with Gasteiger partial charge in [0.1, 0.15) is 12.4 Å². The summed E-state index contributed by atoms with van der Waals surface area (Å²) in [6.07, 6.45) is 10.5. The third-order valence-electron chi connectivity index (χ3n) is 7.72. The van der Waals surface area contributed by atoms with Crippen molar-refractivity contribution < 1.29 is 9.53 Å². The lowest BCUT2D eigenvalue weighted by Crippen LogP contribution is -2.33. The first-order valence-electron chi connectivity index (χ1n) is 16.3. The van der Waals surface area contributed by atoms with Crippen LogP contribution in [0.3, 0.4) is 0 Å². The van der Waals surface area contributed by atoms with Crippen LogP contribution >= 0.6 is 0 Å². The summed E-state index contributed by atoms with van der Waals surface area (Å²) in [5.41, 5.74) is 15.3. The number of anilines is 2. The van der Waals surface area contributed by atoms with Crippen LogP contribution in [0.25, 0.3) is 21.7 Å². The van der Waals surface area contributed by atoms with Gasteiger partial charge in [-0.15, -0.1) is 0 Å². The first-order chi connectivity index (χ1) is 22.9. The highest BCUT2D eigenvalue weighted by Crippen LogP contribution is 2.32. The third-order valence-corrected chi connectivity index (χ3v) is 7.72. The van der Waals surface area contributed by atoms with Crippen molar-refractivity contribution in [1.29, 1.82) is 0 Å². The van der Waals surface area contributed by atoms with Gasteiger partial charge in [0.05, 0.1) is 12.2 Å². The molecule has 6 rings (SSSR count). The normalized spacial score (nSPS) is 15.2. The highest BCUT2D eigenvalue weighted by atomic mass is 16.5. The molecule has 10 nitrogen and oxygen atoms in total. The predicted octanol–water partition coefficient (Wildman–Crippen LogP) is 6.17. The number of carbonyl (C=O) groups excluding carboxylic acids is 1. The van der Waals surface area contributed by atoms with E-state index >= 15 is 0 Å². The summed E-state index contributed by atoms with van der Waals surface area (Å²) in [7, 11) is 2.14. The molecule has 0 bridgehead atoms. The maximum Gasteiger partial charge on any atom is 0.318 e. The van der Waals surface area contributed by atoms with Gasteiger partial charge < -0.3 is 30.8 Å². The predicted molar refractivity (Wildman–Crippen MR) is 192 cm³/mol. The molecule has 248 valence electrons. The van der Waals surface area contributed by atoms with Crippen LogP contribution in [0.4, 0.5) is 11.5 Å². The molecule has 1 amide bonds. The van der Waals surface area contributed by atoms with E-state index in [-0.39, 0.29) is 0 Å². The Hall–Kier alpha value is -5.01. The number of ether oxygens (including phenoxy) is 1. The smallest absolute Gasteiger partial charge is 0.318 e. The Bertz CT molecular complexity index is 1610. The van der Waals surface area contributed by atoms with Gasteiger partial charge in [0, 0.05) is 54.1 Å². The van der Waals surface area contributed by atoms with Crippen molar-refractivity contribution in [3.63, 3.8) is 0 Å². The number of hydrogen-bond donors (Lipinski definition) is 2. The highest BCUT2D eigenvalue weighted by molar-refractivity contribution is 5.94. The Balaban J connectivity index is 0.000000276. The molecule has 4 heterocycles. The molecule has 1 saturated heterocycles. The van der Waals surface area contributed by atoms with Gasteiger partial charge in [-0.1, -0.05) is 63.2 Å². The molecular weight excluding hydrogens is 588 g/mol. The molecule has 0 spiro atoms. The second-order valence-electron chi connectivity index (χ2n) is 11.0. The molecule has 2 aliphatic rings. The van der Waals surface area contributed by atoms with E-state index in [0.29, 0.717) is 31.0 Å². The molecule has 0 unspecified atom stereocenters. The van der Waals surface area contributed by atoms with Crippen LogP contribution in [0, 0.1) is 6.57 Å². The van der Waals surface area contributed by atoms with Crippen molar-refractivity contribution in [2.24, 2.45) is 5.73 Å². The molecule has 10 heteroatoms. The number of aromatic nitrogens is 3. The van der Waals surface area contributed by atoms with Crippen LogP contribution in [0.2, 0.25) is 0 Å². The van der Waals surface area contributed by atoms with Crippen molar-refractivity contribution >= 4 is 34.3 Å². The number of nitrogen functional groups attached to an aromatic ring is 1. The SMILES string of the molecule is CC.CN1CCC[C@H]1COc1nc(N)c2c(n1)CN(c1cccc3ccccc13)CC2.NC(=O)/C=C/c1cccnc1.[C-]#[N+]CCC. The second kappa shape index (κ2) is 19.5. The molecule has 0 radical (unpaired) electrons. The fraction of sp³-hybridized carbons (Fsp3) is 0.378. The minimum absolute atomic E-state index is 0.404. The number of likely N-dealkylation sites (tertiary alicyclic amines) is 1. The number of benzene rings is 2. The molecule has 0 saturated carbocycles. The summed E-state index contributed by atoms with van der Waals surface area (Å²) in [6.45, 7) is 16.3. The monoisotopic (exact) mass is 636 g/mol. The largest absolute Gasteiger partial charge is 0.462 e. The Morgan fingerprint density at radius 3 is 2.55 bits per heavy atom. The lowest BCUT2D eigenvalue weighted by Gasteiger charge is -2.31. The summed E-state index contributed by atoms with van der Waals surface area (Å²) in [5.74, 6) is 0.108. The van der Waals surface area contributed by atoms with E-state index in [1.165, 1.54) is 29.0 Å². The fourth-order valence-corrected chi connectivity index (χ4v) is 5.32. The summed E-state index contributed by atoms with van der Waals surface area (Å²) in [6, 6.07) is 19.4. The van der Waals surface area contributed by atoms with Gasteiger partial charge in [0.15, 0.2) is 0 Å². The minimum Gasteiger partial charge on any atom is -0.462 e. The van der Waals surface area contributed by atoms with Crippen LogP contribution in [0.5, 0.6) is 6.01 Å². The minimum atomic E-state index is -0.450. The van der Waals surface area contributed by atoms with Crippen molar-refractivity contribution in [2.45, 2.75) is 59.0 Å². The van der Waals surface area contributed by atoms with Crippen molar-refractivity contribution in [2.75, 3.05) is 43.9 Å². The van der Waals surface area contributed by atoms with Gasteiger partial charge in [-0.25, -0.2) is 6.57 Å². The summed E-state index contributed by atoms with van der Waals surface area (Å²) >= 11 is 0. The van der Waals surface area contributed by atoms with Crippen LogP contribution < -0.4 is 21.1 Å². The molecule has 2 aromatic carbocycles. The molecule has 4 aromatic rings. The Kier molecular flexibility index (Phi) is 15.1. The van der Waals surface area contributed by atoms with Gasteiger partial charge in [-0.2, -0.15) is 9.97 Å². The number of hydrogen-bond acceptors (Lipinski definition) is 8. The number of fused-ring (bicyclic) bond motifs is 2. The number of likely N-dealkylation sites (N-methyl/N-ethyl adjacent to an activating group) is 1. The topological polar surface area (TPSA) is 128 Å². The average molecular weight is 637 g/mol. The van der Waals surface area contributed by atoms with Crippen molar-refractivity contribution in [1.82, 2.24) is 19.9 Å². The van der Waals surface area contributed by atoms with E-state index in [2.05, 4.69) is 74.1 Å². The molecular formula is C37H48N8O2. The average Bonchev–Trinajstić information content (AvgIpc) is 3.52. The summed E-state index contributed by atoms with van der Waals surface area (Å²) < 4.78 is 5.96. The molecule has 2 aromatic heterocycles. The van der Waals surface area contributed by atoms with Gasteiger partial charge in [0.25, 0.3) is 0 Å². The molecule has 4 N–H and O–H groups in total. The number of pyridine rings is 1. The number of carbonyl (C=O) groups is 1. The highest BCUT2D eigenvalue weighted by Gasteiger charge is 2.25. The Morgan fingerprint density at radius 1 is 1.11 bits per heavy atom.